The van der Waals surface area contributed by atoms with Crippen molar-refractivity contribution in [3.05, 3.63) is 29.8 Å². The monoisotopic (exact) mass is 309 g/mol. The van der Waals surface area contributed by atoms with E-state index >= 15 is 0 Å². The summed E-state index contributed by atoms with van der Waals surface area (Å²) in [6.45, 7) is -0.881. The maximum Gasteiger partial charge on any atom is 0.303 e. The Morgan fingerprint density at radius 2 is 1.77 bits per heavy atom. The maximum absolute atomic E-state index is 12.1. The number of nitrogens with one attached hydrogen (secondary N) is 2. The number of phenols is 1. The molecule has 0 aliphatic rings. The number of phenolic OH excluding ortho intramolecular Hbond substituents is 1. The van der Waals surface area contributed by atoms with Gasteiger partial charge < -0.3 is 20.8 Å². The highest BCUT2D eigenvalue weighted by molar-refractivity contribution is 5.89. The number of rotatable bonds is 8. The summed E-state index contributed by atoms with van der Waals surface area (Å²) in [6.07, 6.45) is 0.163. The van der Waals surface area contributed by atoms with Crippen LogP contribution in [0, 0.1) is 0 Å². The molecular weight excluding hydrogens is 292 g/mol. The zero-order valence-electron chi connectivity index (χ0n) is 11.7. The number of carboxylic acids is 1. The fourth-order valence-corrected chi connectivity index (χ4v) is 1.72. The molecule has 2 amide bonds. The van der Waals surface area contributed by atoms with Crippen molar-refractivity contribution in [2.45, 2.75) is 18.9 Å². The lowest BCUT2D eigenvalue weighted by atomic mass is 10.1. The maximum atomic E-state index is 12.1. The average Bonchev–Trinajstić information content (AvgIpc) is 2.49. The minimum absolute atomic E-state index is 0.000447. The van der Waals surface area contributed by atoms with Crippen LogP contribution in [0.3, 0.4) is 0 Å². The van der Waals surface area contributed by atoms with Crippen LogP contribution in [-0.2, 0) is 19.5 Å². The normalized spacial score (nSPS) is 11.5. The van der Waals surface area contributed by atoms with E-state index in [0.29, 0.717) is 5.56 Å². The van der Waals surface area contributed by atoms with Crippen molar-refractivity contribution < 1.29 is 29.7 Å². The number of amides is 2. The van der Waals surface area contributed by atoms with E-state index in [4.69, 9.17) is 5.11 Å². The van der Waals surface area contributed by atoms with Crippen molar-refractivity contribution in [2.24, 2.45) is 0 Å². The van der Waals surface area contributed by atoms with Gasteiger partial charge in [-0.3, -0.25) is 14.4 Å². The van der Waals surface area contributed by atoms with Gasteiger partial charge in [0.2, 0.25) is 11.8 Å². The summed E-state index contributed by atoms with van der Waals surface area (Å²) in [5.41, 5.74) is 0.398. The molecule has 1 aromatic rings. The molecule has 1 rings (SSSR count). The molecule has 119 valence electrons. The lowest BCUT2D eigenvalue weighted by Crippen LogP contribution is -2.41. The van der Waals surface area contributed by atoms with E-state index < -0.39 is 30.4 Å². The van der Waals surface area contributed by atoms with E-state index in [0.717, 1.165) is 0 Å². The van der Waals surface area contributed by atoms with Crippen molar-refractivity contribution in [2.75, 3.05) is 13.2 Å². The zero-order chi connectivity index (χ0) is 16.5. The van der Waals surface area contributed by atoms with Gasteiger partial charge in [0.1, 0.15) is 11.8 Å². The van der Waals surface area contributed by atoms with E-state index in [1.54, 1.807) is 0 Å². The van der Waals surface area contributed by atoms with Gasteiger partial charge >= 0.3 is 5.97 Å². The van der Waals surface area contributed by atoms with Crippen LogP contribution >= 0.6 is 0 Å². The number of benzene rings is 1. The Morgan fingerprint density at radius 3 is 2.32 bits per heavy atom. The molecule has 0 spiro atoms. The predicted molar refractivity (Wildman–Crippen MR) is 74.4 cm³/mol. The van der Waals surface area contributed by atoms with Gasteiger partial charge in [-0.15, -0.1) is 0 Å². The Hall–Kier alpha value is -2.61. The van der Waals surface area contributed by atoms with E-state index in [-0.39, 0.29) is 25.1 Å². The molecule has 0 aromatic heterocycles. The van der Waals surface area contributed by atoms with Crippen LogP contribution in [0.4, 0.5) is 0 Å². The largest absolute Gasteiger partial charge is 0.508 e. The molecule has 0 heterocycles. The summed E-state index contributed by atoms with van der Waals surface area (Å²) in [5, 5.41) is 33.1. The van der Waals surface area contributed by atoms with Gasteiger partial charge in [0.05, 0.1) is 0 Å². The van der Waals surface area contributed by atoms with Crippen LogP contribution in [0.2, 0.25) is 0 Å². The summed E-state index contributed by atoms with van der Waals surface area (Å²) < 4.78 is 0. The highest BCUT2D eigenvalue weighted by Crippen LogP contribution is 2.17. The summed E-state index contributed by atoms with van der Waals surface area (Å²) >= 11 is 0. The molecule has 1 aromatic carbocycles. The second-order valence-corrected chi connectivity index (χ2v) is 4.52. The first-order valence-corrected chi connectivity index (χ1v) is 6.60. The van der Waals surface area contributed by atoms with Crippen LogP contribution in [-0.4, -0.2) is 41.1 Å². The molecule has 4 N–H and O–H groups in total. The van der Waals surface area contributed by atoms with Crippen LogP contribution in [0.1, 0.15) is 24.4 Å². The van der Waals surface area contributed by atoms with Crippen LogP contribution in [0.5, 0.6) is 5.75 Å². The quantitative estimate of drug-likeness (QED) is 0.500. The predicted octanol–water partition coefficient (Wildman–Crippen LogP) is -0.0390. The second-order valence-electron chi connectivity index (χ2n) is 4.52. The molecule has 0 aliphatic carbocycles. The third-order valence-electron chi connectivity index (χ3n) is 2.79. The third-order valence-corrected chi connectivity index (χ3v) is 2.79. The highest BCUT2D eigenvalue weighted by Gasteiger charge is 2.22. The van der Waals surface area contributed by atoms with Gasteiger partial charge in [0, 0.05) is 13.0 Å². The lowest BCUT2D eigenvalue weighted by Gasteiger charge is -2.18. The van der Waals surface area contributed by atoms with Crippen molar-refractivity contribution in [1.29, 1.82) is 0 Å². The number of aliphatic carboxylic acids is 1. The van der Waals surface area contributed by atoms with Crippen molar-refractivity contribution in [3.63, 3.8) is 0 Å². The number of hydrogen-bond acceptors (Lipinski definition) is 4. The Balaban J connectivity index is 2.72. The second kappa shape index (κ2) is 8.63. The van der Waals surface area contributed by atoms with Gasteiger partial charge in [-0.25, -0.2) is 5.11 Å². The van der Waals surface area contributed by atoms with E-state index in [2.05, 4.69) is 10.6 Å². The Labute approximate surface area is 126 Å². The molecule has 0 aliphatic heterocycles. The van der Waals surface area contributed by atoms with Crippen molar-refractivity contribution >= 4 is 17.8 Å². The molecule has 0 saturated heterocycles. The third kappa shape index (κ3) is 5.80. The molecule has 0 unspecified atom stereocenters. The molecule has 0 saturated carbocycles. The highest BCUT2D eigenvalue weighted by atomic mass is 16.4. The van der Waals surface area contributed by atoms with Crippen LogP contribution < -0.4 is 10.6 Å². The molecule has 22 heavy (non-hydrogen) atoms. The molecular formula is C14H17N2O6. The number of aromatic hydroxyl groups is 1. The molecule has 1 atom stereocenters. The minimum Gasteiger partial charge on any atom is -0.508 e. The zero-order valence-corrected chi connectivity index (χ0v) is 11.7. The summed E-state index contributed by atoms with van der Waals surface area (Å²) in [6, 6.07) is 4.52. The van der Waals surface area contributed by atoms with E-state index in [1.165, 1.54) is 24.3 Å². The fourth-order valence-electron chi connectivity index (χ4n) is 1.72. The number of carboxylic acid groups (broad SMARTS) is 1. The van der Waals surface area contributed by atoms with Gasteiger partial charge in [0.25, 0.3) is 0 Å². The first-order chi connectivity index (χ1) is 10.4. The molecule has 1 radical (unpaired) electrons. The Kier molecular flexibility index (Phi) is 6.84. The number of carbonyl (C=O) groups is 3. The van der Waals surface area contributed by atoms with Gasteiger partial charge in [-0.05, 0) is 24.1 Å². The standard InChI is InChI=1S/C14H17N2O6/c17-8-11(19)16-13(9-3-5-10(18)6-4-9)14(22)15-7-1-2-12(20)21/h3-6,13,18H,1-2,7-8H2,(H,15,22)(H,16,19)(H,20,21)/t13-/m1/s1. The van der Waals surface area contributed by atoms with Crippen LogP contribution in [0.25, 0.3) is 0 Å². The average molecular weight is 309 g/mol. The summed E-state index contributed by atoms with van der Waals surface area (Å²) in [5.74, 6) is -2.36. The number of hydrogen-bond donors (Lipinski definition) is 4. The first kappa shape index (κ1) is 17.4. The SMILES string of the molecule is [O]CC(=O)N[C@@H](C(=O)NCCCC(=O)O)c1ccc(O)cc1. The summed E-state index contributed by atoms with van der Waals surface area (Å²) in [4.78, 5) is 33.7. The lowest BCUT2D eigenvalue weighted by molar-refractivity contribution is -0.137. The smallest absolute Gasteiger partial charge is 0.303 e. The van der Waals surface area contributed by atoms with Crippen molar-refractivity contribution in [1.82, 2.24) is 10.6 Å². The van der Waals surface area contributed by atoms with E-state index in [1.807, 2.05) is 0 Å². The fraction of sp³-hybridized carbons (Fsp3) is 0.357. The molecule has 0 fully saturated rings. The minimum atomic E-state index is -1.08. The summed E-state index contributed by atoms with van der Waals surface area (Å²) in [7, 11) is 0. The van der Waals surface area contributed by atoms with Gasteiger partial charge in [-0.1, -0.05) is 12.1 Å². The molecule has 8 nitrogen and oxygen atoms in total. The molecule has 0 bridgehead atoms. The Bertz CT molecular complexity index is 529. The van der Waals surface area contributed by atoms with Crippen molar-refractivity contribution in [3.8, 4) is 5.75 Å². The first-order valence-electron chi connectivity index (χ1n) is 6.60. The number of carbonyl (C=O) groups excluding carboxylic acids is 2. The topological polar surface area (TPSA) is 136 Å². The van der Waals surface area contributed by atoms with Crippen LogP contribution in [0.15, 0.2) is 24.3 Å². The van der Waals surface area contributed by atoms with E-state index in [9.17, 15) is 24.6 Å². The Morgan fingerprint density at radius 1 is 1.14 bits per heavy atom. The van der Waals surface area contributed by atoms with Gasteiger partial charge in [-0.2, -0.15) is 0 Å². The van der Waals surface area contributed by atoms with Gasteiger partial charge in [0.15, 0.2) is 6.61 Å². The molecule has 8 heteroatoms.